The predicted octanol–water partition coefficient (Wildman–Crippen LogP) is 9.11. The number of amides is 8. The van der Waals surface area contributed by atoms with Crippen LogP contribution < -0.4 is 45.9 Å². The maximum atomic E-state index is 14.7. The van der Waals surface area contributed by atoms with Gasteiger partial charge < -0.3 is 122 Å². The van der Waals surface area contributed by atoms with Crippen LogP contribution in [0.3, 0.4) is 0 Å². The molecule has 39 nitrogen and oxygen atoms in total. The molecule has 784 valence electrons. The van der Waals surface area contributed by atoms with Gasteiger partial charge in [0.25, 0.3) is 11.8 Å². The number of rotatable bonds is 72. The Kier molecular flexibility index (Phi) is 50.1. The summed E-state index contributed by atoms with van der Waals surface area (Å²) in [4.78, 5) is 130. The van der Waals surface area contributed by atoms with Gasteiger partial charge in [-0.25, -0.2) is 33.9 Å². The smallest absolute Gasteiger partial charge is 0.345 e. The first-order chi connectivity index (χ1) is 69.9. The number of nitrogens with zero attached hydrogens (tertiary/aromatic N) is 8. The fraction of sp³-hybridized carbons (Fsp3) is 0.510. The van der Waals surface area contributed by atoms with E-state index in [1.54, 1.807) is 101 Å². The molecule has 0 radical (unpaired) electrons. The summed E-state index contributed by atoms with van der Waals surface area (Å²) in [6, 6.07) is 28.4. The number of quaternary nitrogens is 1. The minimum atomic E-state index is -1.48. The molecule has 8 amide bonds. The number of carbonyl (C=O) groups excluding carboxylic acids is 7. The van der Waals surface area contributed by atoms with E-state index in [0.29, 0.717) is 251 Å². The van der Waals surface area contributed by atoms with Gasteiger partial charge in [0.05, 0.1) is 227 Å². The van der Waals surface area contributed by atoms with Crippen molar-refractivity contribution >= 4 is 86.3 Å². The van der Waals surface area contributed by atoms with Crippen molar-refractivity contribution in [2.45, 2.75) is 90.8 Å². The fourth-order valence-corrected chi connectivity index (χ4v) is 16.7. The minimum absolute atomic E-state index is 0.00186. The monoisotopic (exact) mass is 2040 g/mol. The molecule has 5 aromatic carbocycles. The molecule has 0 bridgehead atoms. The molecule has 10 rings (SSSR count). The number of aliphatic carboxylic acids is 1. The molecule has 2 aliphatic rings. The van der Waals surface area contributed by atoms with Crippen LogP contribution in [-0.2, 0) is 121 Å². The van der Waals surface area contributed by atoms with Crippen molar-refractivity contribution in [3.8, 4) is 56.1 Å². The largest absolute Gasteiger partial charge is 0.496 e. The summed E-state index contributed by atoms with van der Waals surface area (Å²) in [6.45, 7) is 19.2. The summed E-state index contributed by atoms with van der Waals surface area (Å²) >= 11 is 8.67. The number of carboxylic acids is 1. The highest BCUT2D eigenvalue weighted by Gasteiger charge is 2.35. The van der Waals surface area contributed by atoms with Gasteiger partial charge in [0, 0.05) is 99.8 Å². The van der Waals surface area contributed by atoms with E-state index in [4.69, 9.17) is 103 Å². The Morgan fingerprint density at radius 1 is 0.611 bits per heavy atom. The number of primary amides is 1. The van der Waals surface area contributed by atoms with Gasteiger partial charge in [-0.05, 0) is 108 Å². The van der Waals surface area contributed by atoms with E-state index in [1.807, 2.05) is 49.4 Å². The maximum absolute atomic E-state index is 14.7. The third-order valence-corrected chi connectivity index (χ3v) is 24.9. The highest BCUT2D eigenvalue weighted by molar-refractivity contribution is 7.22. The number of anilines is 1. The number of aromatic nitrogens is 4. The van der Waals surface area contributed by atoms with Crippen LogP contribution in [0, 0.1) is 18.7 Å². The van der Waals surface area contributed by atoms with Crippen molar-refractivity contribution in [1.29, 1.82) is 0 Å². The average molecular weight is 2050 g/mol. The summed E-state index contributed by atoms with van der Waals surface area (Å²) in [7, 11) is 7.08. The Bertz CT molecular complexity index is 5360. The molecule has 0 unspecified atom stereocenters. The van der Waals surface area contributed by atoms with E-state index in [2.05, 4.69) is 48.2 Å². The molecule has 3 aromatic heterocycles. The quantitative estimate of drug-likeness (QED) is 0.0117. The number of hydrogen-bond acceptors (Lipinski definition) is 31. The molecule has 1 saturated heterocycles. The lowest BCUT2D eigenvalue weighted by Crippen LogP contribution is -2.57. The second kappa shape index (κ2) is 63.1. The first-order valence-electron chi connectivity index (χ1n) is 48.2. The number of fused-ring (bicyclic) bond motifs is 1. The van der Waals surface area contributed by atoms with Gasteiger partial charge in [0.2, 0.25) is 35.6 Å². The number of nitrogens with two attached hydrogens (primary N) is 1. The second-order valence-electron chi connectivity index (χ2n) is 34.3. The Labute approximate surface area is 847 Å². The van der Waals surface area contributed by atoms with E-state index >= 15 is 0 Å². The third kappa shape index (κ3) is 38.8. The summed E-state index contributed by atoms with van der Waals surface area (Å²) in [5.74, 6) is -3.13. The number of urea groups is 1. The number of ether oxygens (including phenoxy) is 17. The summed E-state index contributed by atoms with van der Waals surface area (Å²) < 4.78 is 112. The van der Waals surface area contributed by atoms with E-state index in [9.17, 15) is 47.9 Å². The second-order valence-corrected chi connectivity index (χ2v) is 35.6. The number of thiophene rings is 1. The van der Waals surface area contributed by atoms with Crippen LogP contribution >= 0.6 is 22.9 Å². The number of nitrogens with one attached hydrogen (secondary N) is 4. The zero-order chi connectivity index (χ0) is 103. The number of likely N-dealkylation sites (N-methyl/N-ethyl adjacent to an activating group) is 1. The van der Waals surface area contributed by atoms with Gasteiger partial charge in [-0.3, -0.25) is 38.6 Å². The normalized spacial score (nSPS) is 13.7. The predicted molar refractivity (Wildman–Crippen MR) is 534 cm³/mol. The lowest BCUT2D eigenvalue weighted by Gasteiger charge is -2.42. The van der Waals surface area contributed by atoms with Crippen LogP contribution in [-0.4, -0.2) is 356 Å². The molecule has 0 aliphatic carbocycles. The first kappa shape index (κ1) is 114. The lowest BCUT2D eigenvalue weighted by molar-refractivity contribution is -0.926. The van der Waals surface area contributed by atoms with Gasteiger partial charge in [-0.1, -0.05) is 80.0 Å². The molecule has 8 aromatic rings. The number of benzene rings is 5. The number of methoxy groups -OCH3 is 2. The molecule has 5 heterocycles. The molecular weight excluding hydrogens is 1910 g/mol. The Morgan fingerprint density at radius 2 is 1.19 bits per heavy atom. The molecule has 1 fully saturated rings. The highest BCUT2D eigenvalue weighted by atomic mass is 35.5. The highest BCUT2D eigenvalue weighted by Crippen LogP contribution is 2.50. The van der Waals surface area contributed by atoms with Crippen LogP contribution in [0.1, 0.15) is 67.5 Å². The molecule has 0 saturated carbocycles. The average Bonchev–Trinajstić information content (AvgIpc) is 1.59. The lowest BCUT2D eigenvalue weighted by atomic mass is 9.96. The number of para-hydroxylation sites is 2. The van der Waals surface area contributed by atoms with Crippen LogP contribution in [0.15, 0.2) is 134 Å². The van der Waals surface area contributed by atoms with Crippen LogP contribution in [0.4, 0.5) is 14.9 Å². The molecule has 3 atom stereocenters. The summed E-state index contributed by atoms with van der Waals surface area (Å²) in [5.41, 5.74) is 11.8. The molecule has 2 aliphatic heterocycles. The summed E-state index contributed by atoms with van der Waals surface area (Å²) in [6.07, 6.45) is 3.84. The maximum Gasteiger partial charge on any atom is 0.345 e. The number of hydrogen-bond donors (Lipinski definition) is 6. The van der Waals surface area contributed by atoms with Crippen LogP contribution in [0.5, 0.6) is 23.1 Å². The molecule has 7 N–H and O–H groups in total. The van der Waals surface area contributed by atoms with Gasteiger partial charge >= 0.3 is 12.0 Å². The topological polar surface area (TPSA) is 449 Å². The molecular formula is C102H136ClFN13O26S+. The van der Waals surface area contributed by atoms with Gasteiger partial charge in [-0.2, -0.15) is 0 Å². The minimum Gasteiger partial charge on any atom is -0.496 e. The zero-order valence-corrected chi connectivity index (χ0v) is 84.5. The van der Waals surface area contributed by atoms with Crippen molar-refractivity contribution in [2.24, 2.45) is 11.7 Å². The number of halogens is 2. The Hall–Kier alpha value is -11.5. The number of piperazine rings is 1. The molecule has 0 spiro atoms. The van der Waals surface area contributed by atoms with E-state index in [1.165, 1.54) is 41.9 Å². The van der Waals surface area contributed by atoms with E-state index in [0.717, 1.165) is 29.1 Å². The number of carboxylic acid groups (broad SMARTS) is 1. The third-order valence-electron chi connectivity index (χ3n) is 23.3. The van der Waals surface area contributed by atoms with Crippen molar-refractivity contribution in [1.82, 2.24) is 50.6 Å². The van der Waals surface area contributed by atoms with E-state index in [-0.39, 0.29) is 110 Å². The van der Waals surface area contributed by atoms with Crippen molar-refractivity contribution in [3.05, 3.63) is 173 Å². The van der Waals surface area contributed by atoms with Crippen molar-refractivity contribution < 1.29 is 133 Å². The SMILES string of the molecule is COCCOCCOCCOCCOCCOCCOCCOCCOCCOCCOCCOCCC(=O)N(C)Cc1cc(NC(=O)[C@H](CCCNC(N)=O)NC(=O)[C@@H](NC(=O)CCOCCN2C(=O)C=CC2=O)C(C)C)ccc1C[N+]1(C)CCN(CCOc2ccc(-c3c(-c4ccc(F)cc4)sc4ncnc(O[C@H](Cc5ccccc5OCc5ccnc(-c6ccccc6OC)n5)C(=O)O)c34)c(C)c2Cl)CC1. The first-order valence-corrected chi connectivity index (χ1v) is 49.4. The van der Waals surface area contributed by atoms with Gasteiger partial charge in [0.15, 0.2) is 5.82 Å². The Morgan fingerprint density at radius 3 is 1.78 bits per heavy atom. The zero-order valence-electron chi connectivity index (χ0n) is 83.0. The Balaban J connectivity index is 0.712. The van der Waals surface area contributed by atoms with Crippen LogP contribution in [0.25, 0.3) is 43.2 Å². The van der Waals surface area contributed by atoms with E-state index < -0.39 is 71.5 Å². The van der Waals surface area contributed by atoms with Gasteiger partial charge in [-0.15, -0.1) is 11.3 Å². The fourth-order valence-electron chi connectivity index (χ4n) is 15.4. The number of imide groups is 1. The molecule has 144 heavy (non-hydrogen) atoms. The number of carbonyl (C=O) groups is 8. The van der Waals surface area contributed by atoms with Crippen LogP contribution in [0.2, 0.25) is 5.02 Å². The standard InChI is InChI=1S/C102H135ClFN13O26S/c1-71(2)94(113-87(118)29-39-129-41-36-116-89(120)26-27-90(116)121)98(123)112-82(15-12-31-107-102(105)126)97(122)111-78-23-20-75(76(65-78)67-114(4)88(119)30-40-130-45-46-132-49-50-134-53-54-136-57-58-138-61-62-140-64-63-139-60-59-137-56-55-135-52-51-133-48-47-131-44-43-127-6)68-117(5)37-33-115(34-38-117)35-42-141-85-25-24-80(72(3)93(85)103)91-92-99(108-70-109-100(92)144-95(91)73-18-21-77(104)22-19-73)143-86(101(124)125)66-74-13-8-10-16-83(74)142-69-79-28-32-106-96(110-79)81-14-9-11-17-84(81)128-7/h8-11,13-14,16-28,32,65,70-71,82,86,94H,12,15,29-31,33-64,66-69H2,1-7H3,(H6-,105,107,111,112,113,118,122,123,124,125,126)/p+1/t82-,86+,94-/m0/s1. The molecule has 42 heteroatoms. The van der Waals surface area contributed by atoms with Gasteiger partial charge in [0.1, 0.15) is 66.1 Å². The summed E-state index contributed by atoms with van der Waals surface area (Å²) in [5, 5.41) is 22.8. The van der Waals surface area contributed by atoms with Crippen molar-refractivity contribution in [2.75, 3.05) is 251 Å². The van der Waals surface area contributed by atoms with Crippen molar-refractivity contribution in [3.63, 3.8) is 0 Å².